The van der Waals surface area contributed by atoms with Crippen LogP contribution in [0.3, 0.4) is 0 Å². The summed E-state index contributed by atoms with van der Waals surface area (Å²) in [5.74, 6) is 0. The molecule has 2 heterocycles. The Morgan fingerprint density at radius 1 is 1.28 bits per heavy atom. The predicted molar refractivity (Wildman–Crippen MR) is 75.0 cm³/mol. The van der Waals surface area contributed by atoms with Crippen LogP contribution in [0.2, 0.25) is 0 Å². The lowest BCUT2D eigenvalue weighted by Crippen LogP contribution is -2.48. The van der Waals surface area contributed by atoms with Crippen LogP contribution < -0.4 is 5.73 Å². The van der Waals surface area contributed by atoms with E-state index in [1.54, 1.807) is 11.5 Å². The molecule has 3 rings (SSSR count). The van der Waals surface area contributed by atoms with Gasteiger partial charge in [0.25, 0.3) is 0 Å². The Balaban J connectivity index is 1.85. The van der Waals surface area contributed by atoms with Crippen molar-refractivity contribution in [2.45, 2.75) is 31.8 Å². The van der Waals surface area contributed by atoms with Crippen molar-refractivity contribution in [2.24, 2.45) is 5.73 Å². The Kier molecular flexibility index (Phi) is 3.40. The molecule has 1 aliphatic carbocycles. The molecule has 0 spiro atoms. The van der Waals surface area contributed by atoms with Crippen LogP contribution in [0.15, 0.2) is 0 Å². The first kappa shape index (κ1) is 12.5. The predicted octanol–water partition coefficient (Wildman–Crippen LogP) is 1.01. The SMILES string of the molecule is Cc1nsc2c1C(N1CCN(C)CC1)CC(N)C2. The topological polar surface area (TPSA) is 45.4 Å². The van der Waals surface area contributed by atoms with Crippen LogP contribution in [-0.4, -0.2) is 53.4 Å². The molecule has 2 N–H and O–H groups in total. The Morgan fingerprint density at radius 2 is 2.00 bits per heavy atom. The molecule has 1 aromatic rings. The molecule has 100 valence electrons. The summed E-state index contributed by atoms with van der Waals surface area (Å²) in [6.07, 6.45) is 2.11. The van der Waals surface area contributed by atoms with E-state index < -0.39 is 0 Å². The highest BCUT2D eigenvalue weighted by molar-refractivity contribution is 7.06. The minimum atomic E-state index is 0.307. The van der Waals surface area contributed by atoms with Crippen LogP contribution in [0.5, 0.6) is 0 Å². The molecule has 2 aliphatic rings. The molecule has 2 unspecified atom stereocenters. The van der Waals surface area contributed by atoms with Gasteiger partial charge in [0.05, 0.1) is 5.69 Å². The average molecular weight is 266 g/mol. The lowest BCUT2D eigenvalue weighted by Gasteiger charge is -2.41. The van der Waals surface area contributed by atoms with E-state index in [9.17, 15) is 0 Å². The minimum Gasteiger partial charge on any atom is -0.327 e. The maximum atomic E-state index is 6.23. The molecule has 0 saturated carbocycles. The molecular weight excluding hydrogens is 244 g/mol. The van der Waals surface area contributed by atoms with Crippen LogP contribution in [0.25, 0.3) is 0 Å². The summed E-state index contributed by atoms with van der Waals surface area (Å²) in [6.45, 7) is 6.79. The number of nitrogens with zero attached hydrogens (tertiary/aromatic N) is 3. The van der Waals surface area contributed by atoms with E-state index in [1.807, 2.05) is 0 Å². The van der Waals surface area contributed by atoms with Crippen molar-refractivity contribution in [3.8, 4) is 0 Å². The Hall–Kier alpha value is -0.490. The molecule has 5 heteroatoms. The third-order valence-corrected chi connectivity index (χ3v) is 5.24. The number of rotatable bonds is 1. The van der Waals surface area contributed by atoms with Crippen molar-refractivity contribution < 1.29 is 0 Å². The summed E-state index contributed by atoms with van der Waals surface area (Å²) in [6, 6.07) is 0.818. The third-order valence-electron chi connectivity index (χ3n) is 4.27. The molecule has 1 aromatic heterocycles. The number of fused-ring (bicyclic) bond motifs is 1. The van der Waals surface area contributed by atoms with Crippen LogP contribution >= 0.6 is 11.5 Å². The molecule has 0 amide bonds. The van der Waals surface area contributed by atoms with Gasteiger partial charge in [0.15, 0.2) is 0 Å². The molecule has 1 aliphatic heterocycles. The fourth-order valence-corrected chi connectivity index (χ4v) is 4.21. The first-order valence-electron chi connectivity index (χ1n) is 6.78. The van der Waals surface area contributed by atoms with Crippen LogP contribution in [0.4, 0.5) is 0 Å². The van der Waals surface area contributed by atoms with Crippen molar-refractivity contribution in [3.63, 3.8) is 0 Å². The van der Waals surface area contributed by atoms with Gasteiger partial charge in [-0.25, -0.2) is 0 Å². The van der Waals surface area contributed by atoms with E-state index >= 15 is 0 Å². The van der Waals surface area contributed by atoms with Crippen LogP contribution in [-0.2, 0) is 6.42 Å². The zero-order valence-electron chi connectivity index (χ0n) is 11.2. The summed E-state index contributed by atoms with van der Waals surface area (Å²) < 4.78 is 4.54. The van der Waals surface area contributed by atoms with Gasteiger partial charge < -0.3 is 10.6 Å². The zero-order chi connectivity index (χ0) is 12.7. The number of likely N-dealkylation sites (N-methyl/N-ethyl adjacent to an activating group) is 1. The van der Waals surface area contributed by atoms with E-state index in [2.05, 4.69) is 28.1 Å². The highest BCUT2D eigenvalue weighted by Gasteiger charge is 2.33. The first-order chi connectivity index (χ1) is 8.65. The van der Waals surface area contributed by atoms with Gasteiger partial charge >= 0.3 is 0 Å². The highest BCUT2D eigenvalue weighted by Crippen LogP contribution is 2.38. The quantitative estimate of drug-likeness (QED) is 0.824. The standard InChI is InChI=1S/C13H22N4S/c1-9-13-11(17-5-3-16(2)4-6-17)7-10(14)8-12(13)18-15-9/h10-11H,3-8,14H2,1-2H3. The molecule has 18 heavy (non-hydrogen) atoms. The monoisotopic (exact) mass is 266 g/mol. The maximum Gasteiger partial charge on any atom is 0.0562 e. The number of hydrogen-bond donors (Lipinski definition) is 1. The van der Waals surface area contributed by atoms with Crippen molar-refractivity contribution in [2.75, 3.05) is 33.2 Å². The smallest absolute Gasteiger partial charge is 0.0562 e. The molecule has 2 atom stereocenters. The van der Waals surface area contributed by atoms with Gasteiger partial charge in [-0.15, -0.1) is 0 Å². The van der Waals surface area contributed by atoms with Crippen molar-refractivity contribution in [1.82, 2.24) is 14.2 Å². The van der Waals surface area contributed by atoms with Crippen LogP contribution in [0.1, 0.15) is 28.6 Å². The van der Waals surface area contributed by atoms with Gasteiger partial charge in [-0.05, 0) is 38.3 Å². The van der Waals surface area contributed by atoms with E-state index in [1.165, 1.54) is 16.1 Å². The van der Waals surface area contributed by atoms with Gasteiger partial charge in [0.1, 0.15) is 0 Å². The molecule has 0 radical (unpaired) electrons. The Bertz CT molecular complexity index is 423. The number of piperazine rings is 1. The third kappa shape index (κ3) is 2.20. The fourth-order valence-electron chi connectivity index (χ4n) is 3.19. The molecule has 1 fully saturated rings. The zero-order valence-corrected chi connectivity index (χ0v) is 12.0. The Morgan fingerprint density at radius 3 is 2.72 bits per heavy atom. The average Bonchev–Trinajstić information content (AvgIpc) is 2.71. The van der Waals surface area contributed by atoms with Crippen LogP contribution in [0, 0.1) is 6.92 Å². The van der Waals surface area contributed by atoms with E-state index in [0.29, 0.717) is 12.1 Å². The first-order valence-corrected chi connectivity index (χ1v) is 7.55. The maximum absolute atomic E-state index is 6.23. The summed E-state index contributed by atoms with van der Waals surface area (Å²) in [4.78, 5) is 6.44. The van der Waals surface area contributed by atoms with E-state index in [4.69, 9.17) is 5.73 Å². The van der Waals surface area contributed by atoms with Gasteiger partial charge in [-0.2, -0.15) is 4.37 Å². The normalized spacial score (nSPS) is 30.4. The van der Waals surface area contributed by atoms with E-state index in [-0.39, 0.29) is 0 Å². The fraction of sp³-hybridized carbons (Fsp3) is 0.769. The molecule has 0 bridgehead atoms. The molecular formula is C13H22N4S. The van der Waals surface area contributed by atoms with Gasteiger partial charge in [0.2, 0.25) is 0 Å². The largest absolute Gasteiger partial charge is 0.327 e. The second-order valence-corrected chi connectivity index (χ2v) is 6.52. The summed E-state index contributed by atoms with van der Waals surface area (Å²) in [5.41, 5.74) is 8.94. The van der Waals surface area contributed by atoms with Gasteiger partial charge in [-0.3, -0.25) is 4.90 Å². The molecule has 1 saturated heterocycles. The number of hydrogen-bond acceptors (Lipinski definition) is 5. The highest BCUT2D eigenvalue weighted by atomic mass is 32.1. The number of aromatic nitrogens is 1. The van der Waals surface area contributed by atoms with Gasteiger partial charge in [-0.1, -0.05) is 0 Å². The number of nitrogens with two attached hydrogens (primary N) is 1. The lowest BCUT2D eigenvalue weighted by molar-refractivity contribution is 0.0990. The van der Waals surface area contributed by atoms with Crippen molar-refractivity contribution in [1.29, 1.82) is 0 Å². The summed E-state index contributed by atoms with van der Waals surface area (Å²) in [7, 11) is 2.20. The van der Waals surface area contributed by atoms with Gasteiger partial charge in [0, 0.05) is 48.7 Å². The van der Waals surface area contributed by atoms with E-state index in [0.717, 1.165) is 39.0 Å². The second-order valence-electron chi connectivity index (χ2n) is 5.66. The van der Waals surface area contributed by atoms with Crippen molar-refractivity contribution in [3.05, 3.63) is 16.1 Å². The minimum absolute atomic E-state index is 0.307. The van der Waals surface area contributed by atoms with Crippen molar-refractivity contribution >= 4 is 11.5 Å². The second kappa shape index (κ2) is 4.89. The summed E-state index contributed by atoms with van der Waals surface area (Å²) in [5, 5.41) is 0. The molecule has 4 nitrogen and oxygen atoms in total. The lowest BCUT2D eigenvalue weighted by atomic mass is 9.88. The summed E-state index contributed by atoms with van der Waals surface area (Å²) >= 11 is 1.66. The Labute approximate surface area is 113 Å². The number of aryl methyl sites for hydroxylation is 1. The molecule has 0 aromatic carbocycles.